The van der Waals surface area contributed by atoms with Crippen LogP contribution in [0.5, 0.6) is 0 Å². The lowest BCUT2D eigenvalue weighted by atomic mass is 10.00. The number of rotatable bonds is 5. The Morgan fingerprint density at radius 1 is 1.32 bits per heavy atom. The van der Waals surface area contributed by atoms with E-state index in [9.17, 15) is 9.50 Å². The fourth-order valence-electron chi connectivity index (χ4n) is 3.17. The first-order chi connectivity index (χ1) is 10.7. The first kappa shape index (κ1) is 15.2. The van der Waals surface area contributed by atoms with Crippen molar-refractivity contribution in [1.82, 2.24) is 14.7 Å². The molecule has 1 N–H and O–H groups in total. The minimum absolute atomic E-state index is 0.303. The van der Waals surface area contributed by atoms with Crippen LogP contribution in [0, 0.1) is 5.82 Å². The third kappa shape index (κ3) is 3.72. The topological polar surface area (TPSA) is 41.3 Å². The Kier molecular flexibility index (Phi) is 4.85. The lowest BCUT2D eigenvalue weighted by Crippen LogP contribution is -2.44. The van der Waals surface area contributed by atoms with Crippen molar-refractivity contribution in [1.29, 1.82) is 0 Å². The number of aromatic nitrogens is 2. The summed E-state index contributed by atoms with van der Waals surface area (Å²) in [5.74, 6) is -0.303. The van der Waals surface area contributed by atoms with E-state index >= 15 is 0 Å². The van der Waals surface area contributed by atoms with Gasteiger partial charge in [-0.2, -0.15) is 5.10 Å². The summed E-state index contributed by atoms with van der Waals surface area (Å²) in [6.07, 6.45) is 6.55. The normalized spacial score (nSPS) is 20.9. The molecule has 2 aromatic rings. The van der Waals surface area contributed by atoms with Gasteiger partial charge < -0.3 is 5.11 Å². The maximum absolute atomic E-state index is 13.3. The standard InChI is InChI=1S/C17H22FN3O/c18-15-6-3-5-14(11-15)17(22)13-20-9-2-1-7-16(20)12-21-10-4-8-19-21/h3-6,8,10-11,16-17,22H,1-2,7,9,12-13H2/t16-,17-/m0/s1. The molecule has 1 saturated heterocycles. The van der Waals surface area contributed by atoms with Crippen LogP contribution in [0.4, 0.5) is 4.39 Å². The van der Waals surface area contributed by atoms with Crippen molar-refractivity contribution in [3.8, 4) is 0 Å². The van der Waals surface area contributed by atoms with Crippen LogP contribution < -0.4 is 0 Å². The number of benzene rings is 1. The third-order valence-corrected chi connectivity index (χ3v) is 4.35. The molecule has 0 aliphatic carbocycles. The average Bonchev–Trinajstić information content (AvgIpc) is 3.02. The first-order valence-electron chi connectivity index (χ1n) is 7.87. The van der Waals surface area contributed by atoms with Gasteiger partial charge in [0.2, 0.25) is 0 Å². The minimum atomic E-state index is -0.658. The Balaban J connectivity index is 1.65. The van der Waals surface area contributed by atoms with Gasteiger partial charge in [0.1, 0.15) is 5.82 Å². The van der Waals surface area contributed by atoms with E-state index in [0.29, 0.717) is 18.2 Å². The monoisotopic (exact) mass is 303 g/mol. The minimum Gasteiger partial charge on any atom is -0.387 e. The predicted molar refractivity (Wildman–Crippen MR) is 82.8 cm³/mol. The molecule has 0 radical (unpaired) electrons. The molecule has 0 unspecified atom stereocenters. The zero-order chi connectivity index (χ0) is 15.4. The quantitative estimate of drug-likeness (QED) is 0.923. The molecule has 0 amide bonds. The maximum Gasteiger partial charge on any atom is 0.123 e. The van der Waals surface area contributed by atoms with Gasteiger partial charge in [-0.15, -0.1) is 0 Å². The van der Waals surface area contributed by atoms with Gasteiger partial charge in [0, 0.05) is 25.0 Å². The van der Waals surface area contributed by atoms with Gasteiger partial charge in [0.05, 0.1) is 12.6 Å². The SMILES string of the molecule is O[C@@H](CN1CCCC[C@H]1Cn1cccn1)c1cccc(F)c1. The lowest BCUT2D eigenvalue weighted by molar-refractivity contribution is 0.0590. The van der Waals surface area contributed by atoms with Crippen molar-refractivity contribution in [3.63, 3.8) is 0 Å². The Bertz CT molecular complexity index is 587. The molecule has 0 spiro atoms. The molecule has 4 nitrogen and oxygen atoms in total. The Morgan fingerprint density at radius 2 is 2.23 bits per heavy atom. The van der Waals surface area contributed by atoms with Crippen LogP contribution >= 0.6 is 0 Å². The van der Waals surface area contributed by atoms with Crippen molar-refractivity contribution >= 4 is 0 Å². The molecule has 1 aliphatic heterocycles. The van der Waals surface area contributed by atoms with E-state index in [1.54, 1.807) is 18.3 Å². The Morgan fingerprint density at radius 3 is 3.00 bits per heavy atom. The fraction of sp³-hybridized carbons (Fsp3) is 0.471. The summed E-state index contributed by atoms with van der Waals surface area (Å²) in [7, 11) is 0. The number of hydrogen-bond donors (Lipinski definition) is 1. The van der Waals surface area contributed by atoms with Gasteiger partial charge in [0.25, 0.3) is 0 Å². The van der Waals surface area contributed by atoms with Gasteiger partial charge in [-0.05, 0) is 43.1 Å². The van der Waals surface area contributed by atoms with Crippen molar-refractivity contribution < 1.29 is 9.50 Å². The van der Waals surface area contributed by atoms with E-state index in [0.717, 1.165) is 25.9 Å². The molecule has 5 heteroatoms. The summed E-state index contributed by atoms with van der Waals surface area (Å²) >= 11 is 0. The molecule has 0 bridgehead atoms. The van der Waals surface area contributed by atoms with Crippen molar-refractivity contribution in [2.45, 2.75) is 38.0 Å². The zero-order valence-corrected chi connectivity index (χ0v) is 12.6. The predicted octanol–water partition coefficient (Wildman–Crippen LogP) is 2.61. The highest BCUT2D eigenvalue weighted by molar-refractivity contribution is 5.19. The van der Waals surface area contributed by atoms with E-state index in [1.807, 2.05) is 16.9 Å². The molecule has 1 aromatic heterocycles. The van der Waals surface area contributed by atoms with Gasteiger partial charge in [-0.3, -0.25) is 9.58 Å². The fourth-order valence-corrected chi connectivity index (χ4v) is 3.17. The number of aliphatic hydroxyl groups excluding tert-OH is 1. The van der Waals surface area contributed by atoms with Crippen LogP contribution in [0.2, 0.25) is 0 Å². The number of likely N-dealkylation sites (tertiary alicyclic amines) is 1. The number of nitrogens with zero attached hydrogens (tertiary/aromatic N) is 3. The molecule has 1 aliphatic rings. The third-order valence-electron chi connectivity index (χ3n) is 4.35. The second-order valence-corrected chi connectivity index (χ2v) is 5.94. The van der Waals surface area contributed by atoms with E-state index in [4.69, 9.17) is 0 Å². The van der Waals surface area contributed by atoms with E-state index in [1.165, 1.54) is 18.6 Å². The largest absolute Gasteiger partial charge is 0.387 e. The van der Waals surface area contributed by atoms with Gasteiger partial charge >= 0.3 is 0 Å². The van der Waals surface area contributed by atoms with Gasteiger partial charge in [-0.1, -0.05) is 18.6 Å². The maximum atomic E-state index is 13.3. The van der Waals surface area contributed by atoms with Crippen LogP contribution in [0.1, 0.15) is 30.9 Å². The molecule has 1 fully saturated rings. The van der Waals surface area contributed by atoms with Gasteiger partial charge in [-0.25, -0.2) is 4.39 Å². The average molecular weight is 303 g/mol. The molecule has 118 valence electrons. The van der Waals surface area contributed by atoms with Crippen molar-refractivity contribution in [3.05, 3.63) is 54.1 Å². The molecule has 3 rings (SSSR count). The molecular formula is C17H22FN3O. The summed E-state index contributed by atoms with van der Waals surface area (Å²) in [6.45, 7) is 2.34. The summed E-state index contributed by atoms with van der Waals surface area (Å²) in [5, 5.41) is 14.7. The van der Waals surface area contributed by atoms with Crippen molar-refractivity contribution in [2.75, 3.05) is 13.1 Å². The van der Waals surface area contributed by atoms with Crippen LogP contribution in [0.15, 0.2) is 42.7 Å². The second-order valence-electron chi connectivity index (χ2n) is 5.94. The second kappa shape index (κ2) is 7.03. The van der Waals surface area contributed by atoms with E-state index < -0.39 is 6.10 Å². The smallest absolute Gasteiger partial charge is 0.123 e. The summed E-state index contributed by atoms with van der Waals surface area (Å²) < 4.78 is 15.2. The van der Waals surface area contributed by atoms with Crippen LogP contribution in [-0.4, -0.2) is 38.9 Å². The number of hydrogen-bond acceptors (Lipinski definition) is 3. The highest BCUT2D eigenvalue weighted by Gasteiger charge is 2.25. The Hall–Kier alpha value is -1.72. The number of piperidine rings is 1. The molecule has 2 heterocycles. The van der Waals surface area contributed by atoms with Gasteiger partial charge in [0.15, 0.2) is 0 Å². The lowest BCUT2D eigenvalue weighted by Gasteiger charge is -2.36. The van der Waals surface area contributed by atoms with E-state index in [-0.39, 0.29) is 5.82 Å². The number of β-amino-alcohol motifs (C(OH)–C–C–N with tert-alkyl or cyclic N) is 1. The molecule has 22 heavy (non-hydrogen) atoms. The van der Waals surface area contributed by atoms with Crippen LogP contribution in [0.25, 0.3) is 0 Å². The van der Waals surface area contributed by atoms with Crippen LogP contribution in [0.3, 0.4) is 0 Å². The Labute approximate surface area is 130 Å². The highest BCUT2D eigenvalue weighted by Crippen LogP contribution is 2.23. The highest BCUT2D eigenvalue weighted by atomic mass is 19.1. The molecule has 2 atom stereocenters. The zero-order valence-electron chi connectivity index (χ0n) is 12.6. The van der Waals surface area contributed by atoms with E-state index in [2.05, 4.69) is 10.00 Å². The summed E-state index contributed by atoms with van der Waals surface area (Å²) in [5.41, 5.74) is 0.642. The van der Waals surface area contributed by atoms with Crippen molar-refractivity contribution in [2.24, 2.45) is 0 Å². The molecule has 0 saturated carbocycles. The van der Waals surface area contributed by atoms with Crippen LogP contribution in [-0.2, 0) is 6.54 Å². The number of halogens is 1. The number of aliphatic hydroxyl groups is 1. The molecular weight excluding hydrogens is 281 g/mol. The summed E-state index contributed by atoms with van der Waals surface area (Å²) in [6, 6.07) is 8.53. The molecule has 1 aromatic carbocycles. The summed E-state index contributed by atoms with van der Waals surface area (Å²) in [4.78, 5) is 2.31. The first-order valence-corrected chi connectivity index (χ1v) is 7.87.